The molecule has 0 aliphatic rings. The number of nitrogens with two attached hydrogens (primary N) is 1. The summed E-state index contributed by atoms with van der Waals surface area (Å²) in [6.07, 6.45) is 0.177. The van der Waals surface area contributed by atoms with Gasteiger partial charge in [-0.1, -0.05) is 0 Å². The van der Waals surface area contributed by atoms with E-state index in [1.165, 1.54) is 6.07 Å². The van der Waals surface area contributed by atoms with Crippen LogP contribution < -0.4 is 11.3 Å². The second-order valence-electron chi connectivity index (χ2n) is 4.23. The summed E-state index contributed by atoms with van der Waals surface area (Å²) in [5.41, 5.74) is 3.33. The second kappa shape index (κ2) is 7.67. The predicted molar refractivity (Wildman–Crippen MR) is 71.7 cm³/mol. The van der Waals surface area contributed by atoms with Crippen LogP contribution in [-0.4, -0.2) is 24.2 Å². The summed E-state index contributed by atoms with van der Waals surface area (Å²) in [6, 6.07) is 4.64. The Kier molecular flexibility index (Phi) is 6.20. The Morgan fingerprint density at radius 2 is 2.16 bits per heavy atom. The van der Waals surface area contributed by atoms with Crippen LogP contribution in [0.2, 0.25) is 0 Å². The number of nitrogen functional groups attached to an aromatic ring is 1. The Hall–Kier alpha value is -1.70. The molecule has 1 rings (SSSR count). The number of nitro benzene ring substituents is 1. The van der Waals surface area contributed by atoms with Gasteiger partial charge < -0.3 is 14.9 Å². The Labute approximate surface area is 111 Å². The van der Waals surface area contributed by atoms with E-state index >= 15 is 0 Å². The van der Waals surface area contributed by atoms with Crippen LogP contribution in [0.1, 0.15) is 19.4 Å². The minimum absolute atomic E-state index is 0.0607. The van der Waals surface area contributed by atoms with Gasteiger partial charge in [0.25, 0.3) is 5.69 Å². The van der Waals surface area contributed by atoms with Gasteiger partial charge in [-0.25, -0.2) is 0 Å². The third-order valence-electron chi connectivity index (χ3n) is 2.36. The molecule has 0 fully saturated rings. The summed E-state index contributed by atoms with van der Waals surface area (Å²) in [4.78, 5) is 10.2. The Morgan fingerprint density at radius 3 is 2.74 bits per heavy atom. The van der Waals surface area contributed by atoms with Gasteiger partial charge in [0.1, 0.15) is 5.69 Å². The Bertz CT molecular complexity index is 423. The molecule has 7 nitrogen and oxygen atoms in total. The van der Waals surface area contributed by atoms with Crippen LogP contribution in [0.5, 0.6) is 0 Å². The predicted octanol–water partition coefficient (Wildman–Crippen LogP) is 1.82. The van der Waals surface area contributed by atoms with Crippen LogP contribution in [0.25, 0.3) is 0 Å². The molecule has 0 amide bonds. The number of nitrogens with one attached hydrogen (secondary N) is 1. The van der Waals surface area contributed by atoms with Crippen molar-refractivity contribution in [3.05, 3.63) is 33.9 Å². The fraction of sp³-hybridized carbons (Fsp3) is 0.500. The molecule has 0 saturated carbocycles. The monoisotopic (exact) mass is 269 g/mol. The number of hydrogen-bond acceptors (Lipinski definition) is 6. The summed E-state index contributed by atoms with van der Waals surface area (Å²) < 4.78 is 10.7. The van der Waals surface area contributed by atoms with Crippen LogP contribution in [-0.2, 0) is 16.1 Å². The first-order valence-corrected chi connectivity index (χ1v) is 5.98. The number of benzene rings is 1. The molecule has 0 aliphatic heterocycles. The molecule has 0 saturated heterocycles. The van der Waals surface area contributed by atoms with E-state index in [1.807, 2.05) is 13.8 Å². The SMILES string of the molecule is CC(C)OCCOCc1ccc([N+](=O)[O-])c(NN)c1. The second-order valence-corrected chi connectivity index (χ2v) is 4.23. The van der Waals surface area contributed by atoms with Crippen molar-refractivity contribution in [2.24, 2.45) is 5.84 Å². The lowest BCUT2D eigenvalue weighted by molar-refractivity contribution is -0.384. The highest BCUT2D eigenvalue weighted by Gasteiger charge is 2.12. The van der Waals surface area contributed by atoms with Gasteiger partial charge in [-0.05, 0) is 31.5 Å². The summed E-state index contributed by atoms with van der Waals surface area (Å²) >= 11 is 0. The van der Waals surface area contributed by atoms with Crippen LogP contribution in [0.15, 0.2) is 18.2 Å². The molecule has 0 bridgehead atoms. The van der Waals surface area contributed by atoms with Gasteiger partial charge in [0.15, 0.2) is 0 Å². The average molecular weight is 269 g/mol. The van der Waals surface area contributed by atoms with Crippen molar-refractivity contribution >= 4 is 11.4 Å². The van der Waals surface area contributed by atoms with Gasteiger partial charge in [-0.2, -0.15) is 0 Å². The zero-order chi connectivity index (χ0) is 14.3. The van der Waals surface area contributed by atoms with Gasteiger partial charge in [0, 0.05) is 6.07 Å². The van der Waals surface area contributed by atoms with Crippen molar-refractivity contribution in [1.82, 2.24) is 0 Å². The molecule has 1 aromatic rings. The van der Waals surface area contributed by atoms with Crippen molar-refractivity contribution in [3.8, 4) is 0 Å². The molecule has 0 heterocycles. The Balaban J connectivity index is 2.49. The molecule has 0 aromatic heterocycles. The molecular formula is C12H19N3O4. The number of nitro groups is 1. The summed E-state index contributed by atoms with van der Waals surface area (Å²) in [5, 5.41) is 10.7. The molecule has 0 aliphatic carbocycles. The normalized spacial score (nSPS) is 10.7. The van der Waals surface area contributed by atoms with Crippen LogP contribution >= 0.6 is 0 Å². The van der Waals surface area contributed by atoms with Gasteiger partial charge in [-0.15, -0.1) is 0 Å². The smallest absolute Gasteiger partial charge is 0.293 e. The summed E-state index contributed by atoms with van der Waals surface area (Å²) in [6.45, 7) is 5.26. The molecule has 0 spiro atoms. The van der Waals surface area contributed by atoms with Gasteiger partial charge >= 0.3 is 0 Å². The van der Waals surface area contributed by atoms with Crippen molar-refractivity contribution in [2.45, 2.75) is 26.6 Å². The van der Waals surface area contributed by atoms with Crippen LogP contribution in [0, 0.1) is 10.1 Å². The lowest BCUT2D eigenvalue weighted by Crippen LogP contribution is -2.11. The zero-order valence-electron chi connectivity index (χ0n) is 11.1. The zero-order valence-corrected chi connectivity index (χ0v) is 11.1. The number of anilines is 1. The van der Waals surface area contributed by atoms with E-state index < -0.39 is 4.92 Å². The van der Waals surface area contributed by atoms with E-state index in [2.05, 4.69) is 5.43 Å². The minimum atomic E-state index is -0.490. The van der Waals surface area contributed by atoms with Crippen molar-refractivity contribution in [2.75, 3.05) is 18.6 Å². The number of hydrogen-bond donors (Lipinski definition) is 2. The van der Waals surface area contributed by atoms with E-state index in [0.717, 1.165) is 5.56 Å². The fourth-order valence-corrected chi connectivity index (χ4v) is 1.48. The third kappa shape index (κ3) is 5.21. The fourth-order valence-electron chi connectivity index (χ4n) is 1.48. The largest absolute Gasteiger partial charge is 0.376 e. The molecule has 0 radical (unpaired) electrons. The first kappa shape index (κ1) is 15.4. The first-order valence-electron chi connectivity index (χ1n) is 5.98. The van der Waals surface area contributed by atoms with Crippen molar-refractivity contribution < 1.29 is 14.4 Å². The maximum atomic E-state index is 10.7. The van der Waals surface area contributed by atoms with E-state index in [4.69, 9.17) is 15.3 Å². The van der Waals surface area contributed by atoms with E-state index in [9.17, 15) is 10.1 Å². The highest BCUT2D eigenvalue weighted by Crippen LogP contribution is 2.24. The molecule has 3 N–H and O–H groups in total. The molecule has 0 unspecified atom stereocenters. The third-order valence-corrected chi connectivity index (χ3v) is 2.36. The molecule has 1 aromatic carbocycles. The van der Waals surface area contributed by atoms with Crippen LogP contribution in [0.3, 0.4) is 0 Å². The molecular weight excluding hydrogens is 250 g/mol. The lowest BCUT2D eigenvalue weighted by atomic mass is 10.2. The number of ether oxygens (including phenoxy) is 2. The van der Waals surface area contributed by atoms with Gasteiger partial charge in [0.05, 0.1) is 30.8 Å². The highest BCUT2D eigenvalue weighted by molar-refractivity contribution is 5.61. The number of nitrogens with zero attached hydrogens (tertiary/aromatic N) is 1. The maximum Gasteiger partial charge on any atom is 0.293 e. The standard InChI is InChI=1S/C12H19N3O4/c1-9(2)19-6-5-18-8-10-3-4-12(15(16)17)11(7-10)14-13/h3-4,7,9,14H,5-6,8,13H2,1-2H3. The number of rotatable bonds is 8. The lowest BCUT2D eigenvalue weighted by Gasteiger charge is -2.09. The molecule has 0 atom stereocenters. The number of hydrazine groups is 1. The van der Waals surface area contributed by atoms with E-state index in [-0.39, 0.29) is 17.5 Å². The van der Waals surface area contributed by atoms with E-state index in [1.54, 1.807) is 12.1 Å². The summed E-state index contributed by atoms with van der Waals surface area (Å²) in [7, 11) is 0. The first-order chi connectivity index (χ1) is 9.04. The Morgan fingerprint density at radius 1 is 1.42 bits per heavy atom. The molecule has 7 heteroatoms. The molecule has 106 valence electrons. The topological polar surface area (TPSA) is 99.6 Å². The maximum absolute atomic E-state index is 10.7. The molecule has 19 heavy (non-hydrogen) atoms. The van der Waals surface area contributed by atoms with Crippen molar-refractivity contribution in [1.29, 1.82) is 0 Å². The van der Waals surface area contributed by atoms with Gasteiger partial charge in [-0.3, -0.25) is 16.0 Å². The average Bonchev–Trinajstić information content (AvgIpc) is 2.37. The van der Waals surface area contributed by atoms with Crippen molar-refractivity contribution in [3.63, 3.8) is 0 Å². The minimum Gasteiger partial charge on any atom is -0.376 e. The van der Waals surface area contributed by atoms with Gasteiger partial charge in [0.2, 0.25) is 0 Å². The van der Waals surface area contributed by atoms with E-state index in [0.29, 0.717) is 19.8 Å². The summed E-state index contributed by atoms with van der Waals surface area (Å²) in [5.74, 6) is 5.25. The highest BCUT2D eigenvalue weighted by atomic mass is 16.6. The van der Waals surface area contributed by atoms with Crippen LogP contribution in [0.4, 0.5) is 11.4 Å². The quantitative estimate of drug-likeness (QED) is 0.323.